The van der Waals surface area contributed by atoms with Crippen LogP contribution in [-0.4, -0.2) is 18.1 Å². The first-order valence-corrected chi connectivity index (χ1v) is 6.79. The molecule has 1 atom stereocenters. The second-order valence-electron chi connectivity index (χ2n) is 4.87. The van der Waals surface area contributed by atoms with Gasteiger partial charge in [-0.05, 0) is 42.3 Å². The lowest BCUT2D eigenvalue weighted by Gasteiger charge is -2.09. The van der Waals surface area contributed by atoms with Crippen molar-refractivity contribution in [2.24, 2.45) is 0 Å². The maximum atomic E-state index is 12.0. The number of aliphatic hydroxyl groups excluding tert-OH is 1. The first-order valence-electron chi connectivity index (χ1n) is 6.79. The van der Waals surface area contributed by atoms with Gasteiger partial charge in [0, 0.05) is 5.69 Å². The summed E-state index contributed by atoms with van der Waals surface area (Å²) in [7, 11) is 1.61. The van der Waals surface area contributed by atoms with Crippen LogP contribution in [0.4, 0.5) is 5.69 Å². The minimum absolute atomic E-state index is 0.0945. The van der Waals surface area contributed by atoms with Crippen LogP contribution in [0.2, 0.25) is 0 Å². The van der Waals surface area contributed by atoms with E-state index in [1.165, 1.54) is 0 Å². The largest absolute Gasteiger partial charge is 0.497 e. The molecule has 0 aromatic heterocycles. The molecule has 0 aliphatic heterocycles. The minimum atomic E-state index is -0.552. The van der Waals surface area contributed by atoms with Crippen molar-refractivity contribution in [2.45, 2.75) is 19.4 Å². The van der Waals surface area contributed by atoms with Gasteiger partial charge in [0.15, 0.2) is 0 Å². The van der Waals surface area contributed by atoms with Crippen LogP contribution in [0.5, 0.6) is 5.75 Å². The molecule has 21 heavy (non-hydrogen) atoms. The quantitative estimate of drug-likeness (QED) is 0.888. The average molecular weight is 285 g/mol. The highest BCUT2D eigenvalue weighted by Crippen LogP contribution is 2.17. The van der Waals surface area contributed by atoms with Crippen molar-refractivity contribution < 1.29 is 14.6 Å². The van der Waals surface area contributed by atoms with Crippen LogP contribution >= 0.6 is 0 Å². The molecule has 2 N–H and O–H groups in total. The summed E-state index contributed by atoms with van der Waals surface area (Å²) in [5.74, 6) is 0.673. The lowest BCUT2D eigenvalue weighted by Crippen LogP contribution is -2.14. The lowest BCUT2D eigenvalue weighted by atomic mass is 10.1. The summed E-state index contributed by atoms with van der Waals surface area (Å²) in [5, 5.41) is 12.4. The number of methoxy groups -OCH3 is 1. The topological polar surface area (TPSA) is 58.6 Å². The Hall–Kier alpha value is -2.33. The molecule has 0 radical (unpaired) electrons. The van der Waals surface area contributed by atoms with E-state index in [0.29, 0.717) is 12.1 Å². The molecule has 0 saturated heterocycles. The van der Waals surface area contributed by atoms with Gasteiger partial charge in [-0.25, -0.2) is 0 Å². The SMILES string of the molecule is COc1ccc(CC(=O)Nc2cccc(C(C)O)c2)cc1. The van der Waals surface area contributed by atoms with Crippen LogP contribution in [0.15, 0.2) is 48.5 Å². The van der Waals surface area contributed by atoms with Crippen LogP contribution in [0.25, 0.3) is 0 Å². The third-order valence-corrected chi connectivity index (χ3v) is 3.18. The Morgan fingerprint density at radius 2 is 1.95 bits per heavy atom. The van der Waals surface area contributed by atoms with E-state index < -0.39 is 6.10 Å². The predicted molar refractivity (Wildman–Crippen MR) is 82.4 cm³/mol. The fraction of sp³-hybridized carbons (Fsp3) is 0.235. The van der Waals surface area contributed by atoms with E-state index in [0.717, 1.165) is 16.9 Å². The van der Waals surface area contributed by atoms with Gasteiger partial charge < -0.3 is 15.2 Å². The van der Waals surface area contributed by atoms with E-state index in [4.69, 9.17) is 4.74 Å². The van der Waals surface area contributed by atoms with Crippen molar-refractivity contribution in [2.75, 3.05) is 12.4 Å². The van der Waals surface area contributed by atoms with E-state index in [1.807, 2.05) is 36.4 Å². The van der Waals surface area contributed by atoms with E-state index in [-0.39, 0.29) is 5.91 Å². The molecular formula is C17H19NO3. The maximum absolute atomic E-state index is 12.0. The van der Waals surface area contributed by atoms with Crippen molar-refractivity contribution >= 4 is 11.6 Å². The Labute approximate surface area is 124 Å². The Morgan fingerprint density at radius 3 is 2.57 bits per heavy atom. The summed E-state index contributed by atoms with van der Waals surface area (Å²) in [6.07, 6.45) is -0.258. The molecule has 0 fully saturated rings. The monoisotopic (exact) mass is 285 g/mol. The number of anilines is 1. The second-order valence-corrected chi connectivity index (χ2v) is 4.87. The fourth-order valence-electron chi connectivity index (χ4n) is 2.01. The van der Waals surface area contributed by atoms with E-state index >= 15 is 0 Å². The fourth-order valence-corrected chi connectivity index (χ4v) is 2.01. The lowest BCUT2D eigenvalue weighted by molar-refractivity contribution is -0.115. The van der Waals surface area contributed by atoms with Gasteiger partial charge >= 0.3 is 0 Å². The van der Waals surface area contributed by atoms with Crippen LogP contribution in [0.1, 0.15) is 24.2 Å². The summed E-state index contributed by atoms with van der Waals surface area (Å²) in [4.78, 5) is 12.0. The van der Waals surface area contributed by atoms with E-state index in [2.05, 4.69) is 5.32 Å². The van der Waals surface area contributed by atoms with Gasteiger partial charge in [0.25, 0.3) is 0 Å². The number of hydrogen-bond donors (Lipinski definition) is 2. The van der Waals surface area contributed by atoms with Crippen molar-refractivity contribution in [1.82, 2.24) is 0 Å². The van der Waals surface area contributed by atoms with E-state index in [9.17, 15) is 9.90 Å². The van der Waals surface area contributed by atoms with Gasteiger partial charge in [-0.2, -0.15) is 0 Å². The van der Waals surface area contributed by atoms with Gasteiger partial charge in [0.1, 0.15) is 5.75 Å². The average Bonchev–Trinajstić information content (AvgIpc) is 2.48. The van der Waals surface area contributed by atoms with Crippen molar-refractivity contribution in [3.63, 3.8) is 0 Å². The van der Waals surface area contributed by atoms with Crippen molar-refractivity contribution in [1.29, 1.82) is 0 Å². The van der Waals surface area contributed by atoms with Gasteiger partial charge in [-0.3, -0.25) is 4.79 Å². The van der Waals surface area contributed by atoms with Crippen molar-refractivity contribution in [3.05, 3.63) is 59.7 Å². The number of amides is 1. The number of ether oxygens (including phenoxy) is 1. The molecule has 1 amide bonds. The highest BCUT2D eigenvalue weighted by molar-refractivity contribution is 5.92. The van der Waals surface area contributed by atoms with Crippen LogP contribution in [0, 0.1) is 0 Å². The predicted octanol–water partition coefficient (Wildman–Crippen LogP) is 2.93. The molecule has 4 nitrogen and oxygen atoms in total. The standard InChI is InChI=1S/C17H19NO3/c1-12(19)14-4-3-5-15(11-14)18-17(20)10-13-6-8-16(21-2)9-7-13/h3-9,11-12,19H,10H2,1-2H3,(H,18,20). The molecule has 2 aromatic rings. The summed E-state index contributed by atoms with van der Waals surface area (Å²) < 4.78 is 5.08. The van der Waals surface area contributed by atoms with E-state index in [1.54, 1.807) is 26.2 Å². The number of aliphatic hydroxyl groups is 1. The third-order valence-electron chi connectivity index (χ3n) is 3.18. The molecule has 110 valence electrons. The van der Waals surface area contributed by atoms with Crippen molar-refractivity contribution in [3.8, 4) is 5.75 Å². The zero-order chi connectivity index (χ0) is 15.2. The molecule has 0 heterocycles. The first-order chi connectivity index (χ1) is 10.1. The zero-order valence-corrected chi connectivity index (χ0v) is 12.2. The molecule has 0 bridgehead atoms. The van der Waals surface area contributed by atoms with Gasteiger partial charge in [0.2, 0.25) is 5.91 Å². The number of hydrogen-bond acceptors (Lipinski definition) is 3. The Morgan fingerprint density at radius 1 is 1.24 bits per heavy atom. The second kappa shape index (κ2) is 6.90. The number of carbonyl (C=O) groups is 1. The molecule has 0 aliphatic rings. The minimum Gasteiger partial charge on any atom is -0.497 e. The molecule has 0 saturated carbocycles. The molecular weight excluding hydrogens is 266 g/mol. The molecule has 0 spiro atoms. The highest BCUT2D eigenvalue weighted by Gasteiger charge is 2.06. The highest BCUT2D eigenvalue weighted by atomic mass is 16.5. The molecule has 1 unspecified atom stereocenters. The molecule has 4 heteroatoms. The number of rotatable bonds is 5. The summed E-state index contributed by atoms with van der Waals surface area (Å²) >= 11 is 0. The Bertz CT molecular complexity index is 606. The first kappa shape index (κ1) is 15.1. The Kier molecular flexibility index (Phi) is 4.95. The smallest absolute Gasteiger partial charge is 0.228 e. The molecule has 2 aromatic carbocycles. The normalized spacial score (nSPS) is 11.8. The van der Waals surface area contributed by atoms with Gasteiger partial charge in [0.05, 0.1) is 19.6 Å². The van der Waals surface area contributed by atoms with Gasteiger partial charge in [-0.15, -0.1) is 0 Å². The maximum Gasteiger partial charge on any atom is 0.228 e. The zero-order valence-electron chi connectivity index (χ0n) is 12.2. The Balaban J connectivity index is 1.99. The number of nitrogens with one attached hydrogen (secondary N) is 1. The summed E-state index contributed by atoms with van der Waals surface area (Å²) in [5.41, 5.74) is 2.38. The molecule has 2 rings (SSSR count). The van der Waals surface area contributed by atoms with Gasteiger partial charge in [-0.1, -0.05) is 24.3 Å². The van der Waals surface area contributed by atoms with Crippen LogP contribution in [0.3, 0.4) is 0 Å². The summed E-state index contributed by atoms with van der Waals surface area (Å²) in [6.45, 7) is 1.69. The number of benzene rings is 2. The number of carbonyl (C=O) groups excluding carboxylic acids is 1. The third kappa shape index (κ3) is 4.33. The van der Waals surface area contributed by atoms with Crippen LogP contribution in [-0.2, 0) is 11.2 Å². The van der Waals surface area contributed by atoms with Crippen LogP contribution < -0.4 is 10.1 Å². The molecule has 0 aliphatic carbocycles. The summed E-state index contributed by atoms with van der Waals surface area (Å²) in [6, 6.07) is 14.6.